The summed E-state index contributed by atoms with van der Waals surface area (Å²) in [4.78, 5) is 11.8. The van der Waals surface area contributed by atoms with E-state index in [9.17, 15) is 25.2 Å². The minimum absolute atomic E-state index is 0.136. The van der Waals surface area contributed by atoms with Crippen molar-refractivity contribution in [1.29, 1.82) is 0 Å². The number of hydrogen-bond acceptors (Lipinski definition) is 6. The molecule has 144 valence electrons. The molecule has 0 amide bonds. The van der Waals surface area contributed by atoms with Crippen molar-refractivity contribution in [3.8, 4) is 0 Å². The molecule has 6 nitrogen and oxygen atoms in total. The molecular weight excluding hydrogens is 312 g/mol. The van der Waals surface area contributed by atoms with Gasteiger partial charge in [0, 0.05) is 6.42 Å². The molecule has 0 aromatic carbocycles. The third-order valence-electron chi connectivity index (χ3n) is 4.36. The molecule has 4 atom stereocenters. The lowest BCUT2D eigenvalue weighted by Crippen LogP contribution is -2.48. The minimum atomic E-state index is -1.79. The van der Waals surface area contributed by atoms with Gasteiger partial charge in [0.1, 0.15) is 24.4 Å². The van der Waals surface area contributed by atoms with Gasteiger partial charge < -0.3 is 25.5 Å². The zero-order valence-corrected chi connectivity index (χ0v) is 14.9. The van der Waals surface area contributed by atoms with Crippen molar-refractivity contribution in [3.05, 3.63) is 0 Å². The molecule has 4 unspecified atom stereocenters. The smallest absolute Gasteiger partial charge is 0.164 e. The summed E-state index contributed by atoms with van der Waals surface area (Å²) in [5, 5.41) is 46.7. The summed E-state index contributed by atoms with van der Waals surface area (Å²) in [5.74, 6) is -0.550. The lowest BCUT2D eigenvalue weighted by molar-refractivity contribution is -0.147. The highest BCUT2D eigenvalue weighted by Gasteiger charge is 2.33. The van der Waals surface area contributed by atoms with E-state index < -0.39 is 36.8 Å². The first kappa shape index (κ1) is 23.5. The number of ketones is 1. The van der Waals surface area contributed by atoms with Gasteiger partial charge in [0.25, 0.3) is 0 Å². The monoisotopic (exact) mass is 348 g/mol. The molecule has 0 aliphatic carbocycles. The van der Waals surface area contributed by atoms with Crippen molar-refractivity contribution in [2.24, 2.45) is 0 Å². The highest BCUT2D eigenvalue weighted by molar-refractivity contribution is 5.83. The van der Waals surface area contributed by atoms with Gasteiger partial charge in [-0.15, -0.1) is 0 Å². The van der Waals surface area contributed by atoms with E-state index in [1.165, 1.54) is 38.5 Å². The molecule has 5 N–H and O–H groups in total. The van der Waals surface area contributed by atoms with Crippen LogP contribution in [0.5, 0.6) is 0 Å². The Kier molecular flexibility index (Phi) is 14.5. The third-order valence-corrected chi connectivity index (χ3v) is 4.36. The van der Waals surface area contributed by atoms with E-state index in [2.05, 4.69) is 6.92 Å². The number of aliphatic hydroxyl groups excluding tert-OH is 5. The molecule has 0 bridgehead atoms. The van der Waals surface area contributed by atoms with Crippen molar-refractivity contribution < 1.29 is 30.3 Å². The summed E-state index contributed by atoms with van der Waals surface area (Å²) in [6.45, 7) is 1.45. The van der Waals surface area contributed by atoms with Gasteiger partial charge in [0.05, 0.1) is 6.61 Å². The van der Waals surface area contributed by atoms with Gasteiger partial charge >= 0.3 is 0 Å². The topological polar surface area (TPSA) is 118 Å². The van der Waals surface area contributed by atoms with Crippen LogP contribution in [0.3, 0.4) is 0 Å². The average Bonchev–Trinajstić information content (AvgIpc) is 2.60. The van der Waals surface area contributed by atoms with Crippen LogP contribution < -0.4 is 0 Å². The quantitative estimate of drug-likeness (QED) is 0.268. The van der Waals surface area contributed by atoms with E-state index in [4.69, 9.17) is 5.11 Å². The minimum Gasteiger partial charge on any atom is -0.394 e. The summed E-state index contributed by atoms with van der Waals surface area (Å²) >= 11 is 0. The number of hydrogen-bond donors (Lipinski definition) is 5. The van der Waals surface area contributed by atoms with Crippen LogP contribution in [0, 0.1) is 0 Å². The molecule has 0 saturated carbocycles. The van der Waals surface area contributed by atoms with Gasteiger partial charge in [0.15, 0.2) is 5.78 Å². The fourth-order valence-electron chi connectivity index (χ4n) is 2.65. The highest BCUT2D eigenvalue weighted by atomic mass is 16.4. The highest BCUT2D eigenvalue weighted by Crippen LogP contribution is 2.13. The van der Waals surface area contributed by atoms with Crippen molar-refractivity contribution in [3.63, 3.8) is 0 Å². The third kappa shape index (κ3) is 10.4. The maximum absolute atomic E-state index is 11.8. The van der Waals surface area contributed by atoms with Crippen LogP contribution in [0.25, 0.3) is 0 Å². The Hall–Kier alpha value is -0.530. The summed E-state index contributed by atoms with van der Waals surface area (Å²) in [5.41, 5.74) is 0. The first-order valence-electron chi connectivity index (χ1n) is 9.31. The normalized spacial score (nSPS) is 16.6. The Morgan fingerprint density at radius 2 is 1.21 bits per heavy atom. The molecule has 0 heterocycles. The Labute approximate surface area is 145 Å². The first-order valence-corrected chi connectivity index (χ1v) is 9.31. The second kappa shape index (κ2) is 14.8. The van der Waals surface area contributed by atoms with E-state index in [1.807, 2.05) is 0 Å². The van der Waals surface area contributed by atoms with Crippen molar-refractivity contribution in [2.45, 2.75) is 102 Å². The predicted molar refractivity (Wildman–Crippen MR) is 92.6 cm³/mol. The Morgan fingerprint density at radius 1 is 0.750 bits per heavy atom. The van der Waals surface area contributed by atoms with Gasteiger partial charge in [-0.1, -0.05) is 64.7 Å². The lowest BCUT2D eigenvalue weighted by atomic mass is 9.97. The van der Waals surface area contributed by atoms with E-state index in [1.54, 1.807) is 0 Å². The van der Waals surface area contributed by atoms with Crippen LogP contribution >= 0.6 is 0 Å². The number of unbranched alkanes of at least 4 members (excludes halogenated alkanes) is 9. The second-order valence-electron chi connectivity index (χ2n) is 6.57. The molecule has 24 heavy (non-hydrogen) atoms. The molecule has 0 aliphatic rings. The SMILES string of the molecule is CCCCCCCCCCCCC(=O)C(O)C(O)C(O)C(O)CO. The Morgan fingerprint density at radius 3 is 1.67 bits per heavy atom. The Bertz CT molecular complexity index is 310. The summed E-state index contributed by atoms with van der Waals surface area (Å²) in [6.07, 6.45) is 4.63. The molecule has 0 aliphatic heterocycles. The van der Waals surface area contributed by atoms with Gasteiger partial charge in [-0.25, -0.2) is 0 Å². The summed E-state index contributed by atoms with van der Waals surface area (Å²) in [6, 6.07) is 0. The summed E-state index contributed by atoms with van der Waals surface area (Å²) in [7, 11) is 0. The molecule has 0 fully saturated rings. The lowest BCUT2D eigenvalue weighted by Gasteiger charge is -2.24. The molecular formula is C18H36O6. The zero-order chi connectivity index (χ0) is 18.4. The van der Waals surface area contributed by atoms with E-state index in [0.29, 0.717) is 6.42 Å². The van der Waals surface area contributed by atoms with Crippen LogP contribution in [0.4, 0.5) is 0 Å². The molecule has 0 spiro atoms. The van der Waals surface area contributed by atoms with Crippen LogP contribution in [0.15, 0.2) is 0 Å². The fourth-order valence-corrected chi connectivity index (χ4v) is 2.65. The van der Waals surface area contributed by atoms with Gasteiger partial charge in [-0.3, -0.25) is 4.79 Å². The second-order valence-corrected chi connectivity index (χ2v) is 6.57. The number of rotatable bonds is 16. The van der Waals surface area contributed by atoms with Gasteiger partial charge in [-0.05, 0) is 6.42 Å². The van der Waals surface area contributed by atoms with E-state index >= 15 is 0 Å². The van der Waals surface area contributed by atoms with E-state index in [-0.39, 0.29) is 6.42 Å². The van der Waals surface area contributed by atoms with Crippen LogP contribution in [0.1, 0.15) is 77.6 Å². The summed E-state index contributed by atoms with van der Waals surface area (Å²) < 4.78 is 0. The van der Waals surface area contributed by atoms with Crippen LogP contribution in [0.2, 0.25) is 0 Å². The van der Waals surface area contributed by atoms with Crippen molar-refractivity contribution >= 4 is 5.78 Å². The van der Waals surface area contributed by atoms with E-state index in [0.717, 1.165) is 19.3 Å². The molecule has 0 radical (unpaired) electrons. The van der Waals surface area contributed by atoms with Gasteiger partial charge in [-0.2, -0.15) is 0 Å². The number of carbonyl (C=O) groups is 1. The van der Waals surface area contributed by atoms with Crippen molar-refractivity contribution in [1.82, 2.24) is 0 Å². The van der Waals surface area contributed by atoms with Crippen LogP contribution in [-0.4, -0.2) is 62.3 Å². The maximum atomic E-state index is 11.8. The average molecular weight is 348 g/mol. The Balaban J connectivity index is 3.71. The molecule has 0 aromatic rings. The fraction of sp³-hybridized carbons (Fsp3) is 0.944. The first-order chi connectivity index (χ1) is 11.5. The zero-order valence-electron chi connectivity index (χ0n) is 14.9. The van der Waals surface area contributed by atoms with Crippen molar-refractivity contribution in [2.75, 3.05) is 6.61 Å². The number of Topliss-reactive ketones (excluding diaryl/α,β-unsaturated/α-hetero) is 1. The number of aliphatic hydroxyl groups is 5. The number of carbonyl (C=O) groups excluding carboxylic acids is 1. The largest absolute Gasteiger partial charge is 0.394 e. The predicted octanol–water partition coefficient (Wildman–Crippen LogP) is 1.30. The van der Waals surface area contributed by atoms with Gasteiger partial charge in [0.2, 0.25) is 0 Å². The molecule has 0 rings (SSSR count). The molecule has 0 aromatic heterocycles. The maximum Gasteiger partial charge on any atom is 0.164 e. The molecule has 0 saturated heterocycles. The standard InChI is InChI=1S/C18H36O6/c1-2-3-4-5-6-7-8-9-10-11-12-14(20)16(22)18(24)17(23)15(21)13-19/h15-19,21-24H,2-13H2,1H3. The molecule has 6 heteroatoms. The van der Waals surface area contributed by atoms with Crippen LogP contribution in [-0.2, 0) is 4.79 Å².